The van der Waals surface area contributed by atoms with Crippen LogP contribution in [0.1, 0.15) is 54.9 Å². The fraction of sp³-hybridized carbons (Fsp3) is 0.344. The monoisotopic (exact) mass is 592 g/mol. The van der Waals surface area contributed by atoms with Crippen LogP contribution in [0.4, 0.5) is 4.39 Å². The number of amides is 1. The van der Waals surface area contributed by atoms with Gasteiger partial charge in [-0.1, -0.05) is 55.8 Å². The zero-order valence-electron chi connectivity index (χ0n) is 23.8. The highest BCUT2D eigenvalue weighted by Gasteiger charge is 2.35. The molecule has 1 aliphatic heterocycles. The number of carbonyl (C=O) groups is 1. The van der Waals surface area contributed by atoms with Gasteiger partial charge >= 0.3 is 0 Å². The zero-order chi connectivity index (χ0) is 29.3. The van der Waals surface area contributed by atoms with Gasteiger partial charge in [0.25, 0.3) is 11.5 Å². The third kappa shape index (κ3) is 5.73. The molecule has 0 saturated carbocycles. The van der Waals surface area contributed by atoms with E-state index in [2.05, 4.69) is 5.32 Å². The van der Waals surface area contributed by atoms with E-state index in [0.29, 0.717) is 60.4 Å². The summed E-state index contributed by atoms with van der Waals surface area (Å²) in [6.45, 7) is 9.17. The summed E-state index contributed by atoms with van der Waals surface area (Å²) >= 11 is 7.40. The first-order valence-corrected chi connectivity index (χ1v) is 15.2. The third-order valence-corrected chi connectivity index (χ3v) is 8.59. The molecule has 4 aromatic rings. The van der Waals surface area contributed by atoms with Gasteiger partial charge < -0.3 is 10.2 Å². The fourth-order valence-corrected chi connectivity index (χ4v) is 6.39. The number of halogens is 2. The molecule has 6 nitrogen and oxygen atoms in total. The van der Waals surface area contributed by atoms with Crippen molar-refractivity contribution in [3.8, 4) is 27.5 Å². The molecule has 9 heteroatoms. The number of nitrogens with one attached hydrogen (secondary N) is 1. The number of thiazole rings is 1. The number of carbonyl (C=O) groups excluding carboxylic acids is 1. The van der Waals surface area contributed by atoms with Crippen LogP contribution in [0.2, 0.25) is 5.02 Å². The third-order valence-electron chi connectivity index (χ3n) is 7.46. The summed E-state index contributed by atoms with van der Waals surface area (Å²) in [6, 6.07) is 14.8. The lowest BCUT2D eigenvalue weighted by atomic mass is 9.94. The molecule has 0 radical (unpaired) electrons. The maximum absolute atomic E-state index is 16.3. The Labute approximate surface area is 248 Å². The number of rotatable bonds is 7. The Kier molecular flexibility index (Phi) is 8.45. The van der Waals surface area contributed by atoms with Crippen molar-refractivity contribution in [1.82, 2.24) is 19.8 Å². The van der Waals surface area contributed by atoms with Gasteiger partial charge in [0.1, 0.15) is 10.7 Å². The highest BCUT2D eigenvalue weighted by molar-refractivity contribution is 7.13. The number of hydrogen-bond acceptors (Lipinski definition) is 5. The molecular weight excluding hydrogens is 559 g/mol. The van der Waals surface area contributed by atoms with Gasteiger partial charge in [0.15, 0.2) is 0 Å². The van der Waals surface area contributed by atoms with Gasteiger partial charge in [0.2, 0.25) is 0 Å². The van der Waals surface area contributed by atoms with Crippen LogP contribution in [0.3, 0.4) is 0 Å². The van der Waals surface area contributed by atoms with Gasteiger partial charge in [-0.2, -0.15) is 0 Å². The Morgan fingerprint density at radius 2 is 1.71 bits per heavy atom. The minimum absolute atomic E-state index is 0.0693. The van der Waals surface area contributed by atoms with E-state index in [0.717, 1.165) is 16.7 Å². The van der Waals surface area contributed by atoms with E-state index in [9.17, 15) is 9.59 Å². The Balaban J connectivity index is 1.83. The summed E-state index contributed by atoms with van der Waals surface area (Å²) in [5.74, 6) is -0.288. The number of pyridine rings is 1. The Hall–Kier alpha value is -3.33. The number of benzene rings is 2. The number of piperazine rings is 1. The van der Waals surface area contributed by atoms with E-state index in [4.69, 9.17) is 16.6 Å². The second-order valence-corrected chi connectivity index (χ2v) is 11.9. The SMILES string of the molecule is CCc1cccc(CC)c1-n1c(C(C)(C)F)c(C(=O)N2CCNCC2)cc(-c2nc(-c3ccc(Cl)cc3)cs2)c1=O. The first-order chi connectivity index (χ1) is 19.6. The van der Waals surface area contributed by atoms with E-state index in [-0.39, 0.29) is 22.7 Å². The van der Waals surface area contributed by atoms with Gasteiger partial charge in [0.05, 0.1) is 28.2 Å². The number of alkyl halides is 1. The minimum atomic E-state index is -1.99. The molecule has 0 unspecified atom stereocenters. The van der Waals surface area contributed by atoms with Gasteiger partial charge in [-0.05, 0) is 56.0 Å². The lowest BCUT2D eigenvalue weighted by Crippen LogP contribution is -2.47. The molecule has 0 atom stereocenters. The first-order valence-electron chi connectivity index (χ1n) is 14.0. The van der Waals surface area contributed by atoms with Gasteiger partial charge in [0, 0.05) is 42.1 Å². The van der Waals surface area contributed by atoms with Crippen LogP contribution in [0.25, 0.3) is 27.5 Å². The number of hydrogen-bond donors (Lipinski definition) is 1. The molecule has 214 valence electrons. The van der Waals surface area contributed by atoms with Gasteiger partial charge in [-0.15, -0.1) is 11.3 Å². The highest BCUT2D eigenvalue weighted by atomic mass is 35.5. The minimum Gasteiger partial charge on any atom is -0.336 e. The standard InChI is InChI=1S/C32H34ClFN4O2S/c1-5-20-8-7-9-21(6-2)27(20)38-28(32(3,4)34)24(30(39)37-16-14-35-15-17-37)18-25(31(38)40)29-36-26(19-41-29)22-10-12-23(33)13-11-22/h7-13,18-19,35H,5-6,14-17H2,1-4H3. The van der Waals surface area contributed by atoms with E-state index in [1.807, 2.05) is 49.6 Å². The largest absolute Gasteiger partial charge is 0.336 e. The molecule has 2 aromatic carbocycles. The van der Waals surface area contributed by atoms with Crippen LogP contribution >= 0.6 is 22.9 Å². The molecule has 1 amide bonds. The average molecular weight is 593 g/mol. The summed E-state index contributed by atoms with van der Waals surface area (Å²) < 4.78 is 17.8. The van der Waals surface area contributed by atoms with Gasteiger partial charge in [-0.3, -0.25) is 14.2 Å². The Bertz CT molecular complexity index is 1610. The number of aromatic nitrogens is 2. The van der Waals surface area contributed by atoms with Gasteiger partial charge in [-0.25, -0.2) is 9.37 Å². The maximum atomic E-state index is 16.3. The molecule has 0 bridgehead atoms. The van der Waals surface area contributed by atoms with Crippen LogP contribution in [-0.2, 0) is 18.5 Å². The van der Waals surface area contributed by atoms with Crippen molar-refractivity contribution in [2.45, 2.75) is 46.2 Å². The smallest absolute Gasteiger partial charge is 0.265 e. The number of para-hydroxylation sites is 1. The summed E-state index contributed by atoms with van der Waals surface area (Å²) in [6.07, 6.45) is 1.29. The highest BCUT2D eigenvalue weighted by Crippen LogP contribution is 2.36. The van der Waals surface area contributed by atoms with Crippen molar-refractivity contribution < 1.29 is 9.18 Å². The van der Waals surface area contributed by atoms with Crippen LogP contribution in [0.15, 0.2) is 58.7 Å². The average Bonchev–Trinajstić information content (AvgIpc) is 3.46. The molecule has 5 rings (SSSR count). The molecule has 1 N–H and O–H groups in total. The lowest BCUT2D eigenvalue weighted by molar-refractivity contribution is 0.0726. The van der Waals surface area contributed by atoms with Crippen LogP contribution < -0.4 is 10.9 Å². The second kappa shape index (κ2) is 11.9. The predicted octanol–water partition coefficient (Wildman–Crippen LogP) is 6.66. The van der Waals surface area contributed by atoms with Crippen LogP contribution in [0.5, 0.6) is 0 Å². The van der Waals surface area contributed by atoms with E-state index >= 15 is 4.39 Å². The summed E-state index contributed by atoms with van der Waals surface area (Å²) in [5, 5.41) is 6.23. The zero-order valence-corrected chi connectivity index (χ0v) is 25.3. The van der Waals surface area contributed by atoms with Crippen molar-refractivity contribution in [3.63, 3.8) is 0 Å². The van der Waals surface area contributed by atoms with Crippen molar-refractivity contribution >= 4 is 28.8 Å². The summed E-state index contributed by atoms with van der Waals surface area (Å²) in [7, 11) is 0. The Morgan fingerprint density at radius 3 is 2.29 bits per heavy atom. The molecule has 0 spiro atoms. The normalized spacial score (nSPS) is 14.0. The van der Waals surface area contributed by atoms with Crippen LogP contribution in [0, 0.1) is 0 Å². The van der Waals surface area contributed by atoms with Crippen molar-refractivity contribution in [2.75, 3.05) is 26.2 Å². The molecule has 41 heavy (non-hydrogen) atoms. The Morgan fingerprint density at radius 1 is 1.07 bits per heavy atom. The number of aryl methyl sites for hydroxylation is 2. The molecule has 1 saturated heterocycles. The van der Waals surface area contributed by atoms with Crippen LogP contribution in [-0.4, -0.2) is 46.5 Å². The maximum Gasteiger partial charge on any atom is 0.265 e. The lowest BCUT2D eigenvalue weighted by Gasteiger charge is -2.31. The molecular formula is C32H34ClFN4O2S. The summed E-state index contributed by atoms with van der Waals surface area (Å²) in [5.41, 5.74) is 2.18. The topological polar surface area (TPSA) is 67.2 Å². The van der Waals surface area contributed by atoms with Crippen molar-refractivity contribution in [2.24, 2.45) is 0 Å². The predicted molar refractivity (Wildman–Crippen MR) is 165 cm³/mol. The molecule has 3 heterocycles. The fourth-order valence-electron chi connectivity index (χ4n) is 5.42. The van der Waals surface area contributed by atoms with E-state index in [1.54, 1.807) is 23.1 Å². The number of nitrogens with zero attached hydrogens (tertiary/aromatic N) is 3. The molecule has 2 aromatic heterocycles. The second-order valence-electron chi connectivity index (χ2n) is 10.7. The van der Waals surface area contributed by atoms with Crippen molar-refractivity contribution in [3.05, 3.63) is 91.7 Å². The molecule has 1 aliphatic rings. The van der Waals surface area contributed by atoms with E-state index in [1.165, 1.54) is 29.8 Å². The van der Waals surface area contributed by atoms with Crippen molar-refractivity contribution in [1.29, 1.82) is 0 Å². The summed E-state index contributed by atoms with van der Waals surface area (Å²) in [4.78, 5) is 35.2. The quantitative estimate of drug-likeness (QED) is 0.261. The molecule has 1 fully saturated rings. The first kappa shape index (κ1) is 29.2. The molecule has 0 aliphatic carbocycles. The van der Waals surface area contributed by atoms with E-state index < -0.39 is 11.2 Å².